The number of amides is 3. The van der Waals surface area contributed by atoms with E-state index in [0.717, 1.165) is 19.3 Å². The van der Waals surface area contributed by atoms with Crippen LogP contribution in [0.1, 0.15) is 38.5 Å². The number of hydrogen-bond acceptors (Lipinski definition) is 3. The average Bonchev–Trinajstić information content (AvgIpc) is 2.47. The van der Waals surface area contributed by atoms with Crippen molar-refractivity contribution in [2.45, 2.75) is 44.6 Å². The van der Waals surface area contributed by atoms with Gasteiger partial charge in [-0.05, 0) is 25.7 Å². The molecule has 1 aliphatic carbocycles. The molecule has 0 radical (unpaired) electrons. The lowest BCUT2D eigenvalue weighted by atomic mass is 9.84. The number of nitrogens with two attached hydrogens (primary N) is 1. The van der Waals surface area contributed by atoms with Crippen LogP contribution in [0, 0.1) is 11.8 Å². The van der Waals surface area contributed by atoms with Crippen LogP contribution in [-0.2, 0) is 9.59 Å². The van der Waals surface area contributed by atoms with Gasteiger partial charge in [0.2, 0.25) is 5.91 Å². The minimum atomic E-state index is -0.845. The van der Waals surface area contributed by atoms with Gasteiger partial charge in [0.05, 0.1) is 11.8 Å². The van der Waals surface area contributed by atoms with Crippen molar-refractivity contribution in [3.05, 3.63) is 0 Å². The zero-order valence-corrected chi connectivity index (χ0v) is 12.1. The minimum Gasteiger partial charge on any atom is -0.481 e. The number of hydrogen-bond donors (Lipinski definition) is 3. The summed E-state index contributed by atoms with van der Waals surface area (Å²) in [5.74, 6) is -1.79. The summed E-state index contributed by atoms with van der Waals surface area (Å²) in [6, 6.07) is -0.804. The van der Waals surface area contributed by atoms with Crippen LogP contribution >= 0.6 is 0 Å². The molecule has 0 spiro atoms. The van der Waals surface area contributed by atoms with Crippen LogP contribution in [0.5, 0.6) is 0 Å². The molecule has 1 aliphatic heterocycles. The first-order valence-corrected chi connectivity index (χ1v) is 7.56. The van der Waals surface area contributed by atoms with Crippen LogP contribution in [0.25, 0.3) is 0 Å². The molecule has 7 nitrogen and oxygen atoms in total. The van der Waals surface area contributed by atoms with Crippen molar-refractivity contribution in [3.8, 4) is 0 Å². The van der Waals surface area contributed by atoms with Gasteiger partial charge in [-0.15, -0.1) is 0 Å². The van der Waals surface area contributed by atoms with Gasteiger partial charge < -0.3 is 21.1 Å². The molecular weight excluding hydrogens is 274 g/mol. The van der Waals surface area contributed by atoms with E-state index in [2.05, 4.69) is 5.32 Å². The normalized spacial score (nSPS) is 29.7. The number of piperidine rings is 1. The molecule has 3 amide bonds. The summed E-state index contributed by atoms with van der Waals surface area (Å²) >= 11 is 0. The number of likely N-dealkylation sites (tertiary alicyclic amines) is 1. The van der Waals surface area contributed by atoms with Crippen molar-refractivity contribution in [2.75, 3.05) is 13.1 Å². The van der Waals surface area contributed by atoms with Crippen LogP contribution in [0.4, 0.5) is 4.79 Å². The largest absolute Gasteiger partial charge is 0.481 e. The van der Waals surface area contributed by atoms with E-state index in [0.29, 0.717) is 32.4 Å². The Bertz CT molecular complexity index is 426. The van der Waals surface area contributed by atoms with E-state index in [1.165, 1.54) is 4.90 Å². The van der Waals surface area contributed by atoms with Gasteiger partial charge in [-0.2, -0.15) is 0 Å². The summed E-state index contributed by atoms with van der Waals surface area (Å²) < 4.78 is 0. The van der Waals surface area contributed by atoms with Gasteiger partial charge in [-0.3, -0.25) is 9.59 Å². The Balaban J connectivity index is 1.93. The van der Waals surface area contributed by atoms with Crippen molar-refractivity contribution >= 4 is 17.9 Å². The highest BCUT2D eigenvalue weighted by Gasteiger charge is 2.34. The van der Waals surface area contributed by atoms with Crippen molar-refractivity contribution in [3.63, 3.8) is 0 Å². The third-order valence-electron chi connectivity index (χ3n) is 4.51. The SMILES string of the molecule is NC(=O)N1CCCC(C(=O)NC2CCCCC2C(=O)O)C1. The van der Waals surface area contributed by atoms with Gasteiger partial charge in [0.15, 0.2) is 0 Å². The Hall–Kier alpha value is -1.79. The molecule has 7 heteroatoms. The Morgan fingerprint density at radius 2 is 1.81 bits per heavy atom. The highest BCUT2D eigenvalue weighted by molar-refractivity contribution is 5.81. The molecule has 0 aromatic rings. The lowest BCUT2D eigenvalue weighted by Gasteiger charge is -2.34. The molecule has 3 atom stereocenters. The molecule has 0 aromatic heterocycles. The number of urea groups is 1. The van der Waals surface area contributed by atoms with Gasteiger partial charge in [-0.25, -0.2) is 4.79 Å². The van der Waals surface area contributed by atoms with Crippen molar-refractivity contribution in [2.24, 2.45) is 17.6 Å². The first-order valence-electron chi connectivity index (χ1n) is 7.56. The van der Waals surface area contributed by atoms with Crippen LogP contribution in [0.2, 0.25) is 0 Å². The third kappa shape index (κ3) is 3.86. The smallest absolute Gasteiger partial charge is 0.314 e. The van der Waals surface area contributed by atoms with Gasteiger partial charge >= 0.3 is 12.0 Å². The quantitative estimate of drug-likeness (QED) is 0.705. The minimum absolute atomic E-state index is 0.154. The maximum atomic E-state index is 12.3. The number of carbonyl (C=O) groups excluding carboxylic acids is 2. The first kappa shape index (κ1) is 15.6. The number of carbonyl (C=O) groups is 3. The average molecular weight is 297 g/mol. The van der Waals surface area contributed by atoms with E-state index in [4.69, 9.17) is 5.73 Å². The topological polar surface area (TPSA) is 113 Å². The molecule has 0 aromatic carbocycles. The molecule has 2 aliphatic rings. The number of primary amides is 1. The first-order chi connectivity index (χ1) is 9.99. The number of rotatable bonds is 3. The van der Waals surface area contributed by atoms with Crippen molar-refractivity contribution in [1.82, 2.24) is 10.2 Å². The van der Waals surface area contributed by atoms with Gasteiger partial charge in [0.25, 0.3) is 0 Å². The van der Waals surface area contributed by atoms with Crippen LogP contribution < -0.4 is 11.1 Å². The van der Waals surface area contributed by atoms with E-state index in [1.54, 1.807) is 0 Å². The lowest BCUT2D eigenvalue weighted by Crippen LogP contribution is -2.51. The zero-order valence-electron chi connectivity index (χ0n) is 12.1. The fourth-order valence-electron chi connectivity index (χ4n) is 3.29. The predicted molar refractivity (Wildman–Crippen MR) is 75.4 cm³/mol. The fraction of sp³-hybridized carbons (Fsp3) is 0.786. The highest BCUT2D eigenvalue weighted by atomic mass is 16.4. The van der Waals surface area contributed by atoms with Gasteiger partial charge in [-0.1, -0.05) is 12.8 Å². The fourth-order valence-corrected chi connectivity index (χ4v) is 3.29. The summed E-state index contributed by atoms with van der Waals surface area (Å²) in [6.45, 7) is 0.909. The molecule has 2 fully saturated rings. The van der Waals surface area contributed by atoms with E-state index in [9.17, 15) is 19.5 Å². The molecule has 1 saturated heterocycles. The number of carboxylic acids is 1. The van der Waals surface area contributed by atoms with Gasteiger partial charge in [0.1, 0.15) is 0 Å². The molecule has 2 rings (SSSR count). The Morgan fingerprint density at radius 3 is 2.48 bits per heavy atom. The maximum Gasteiger partial charge on any atom is 0.314 e. The standard InChI is InChI=1S/C14H23N3O4/c15-14(21)17-7-3-4-9(8-17)12(18)16-11-6-2-1-5-10(11)13(19)20/h9-11H,1-8H2,(H2,15,21)(H,16,18)(H,19,20). The number of carboxylic acid groups (broad SMARTS) is 1. The Labute approximate surface area is 123 Å². The molecular formula is C14H23N3O4. The molecule has 4 N–H and O–H groups in total. The summed E-state index contributed by atoms with van der Waals surface area (Å²) in [4.78, 5) is 36.2. The summed E-state index contributed by atoms with van der Waals surface area (Å²) in [5, 5.41) is 12.1. The van der Waals surface area contributed by atoms with E-state index >= 15 is 0 Å². The lowest BCUT2D eigenvalue weighted by molar-refractivity contribution is -0.144. The van der Waals surface area contributed by atoms with Crippen LogP contribution in [0.15, 0.2) is 0 Å². The molecule has 1 saturated carbocycles. The monoisotopic (exact) mass is 297 g/mol. The Morgan fingerprint density at radius 1 is 1.10 bits per heavy atom. The zero-order chi connectivity index (χ0) is 15.4. The summed E-state index contributed by atoms with van der Waals surface area (Å²) in [5.41, 5.74) is 5.25. The van der Waals surface area contributed by atoms with Crippen LogP contribution in [0.3, 0.4) is 0 Å². The molecule has 21 heavy (non-hydrogen) atoms. The Kier molecular flexibility index (Phi) is 5.03. The number of aliphatic carboxylic acids is 1. The molecule has 118 valence electrons. The van der Waals surface area contributed by atoms with Crippen molar-refractivity contribution in [1.29, 1.82) is 0 Å². The number of nitrogens with zero attached hydrogens (tertiary/aromatic N) is 1. The van der Waals surface area contributed by atoms with E-state index in [1.807, 2.05) is 0 Å². The maximum absolute atomic E-state index is 12.3. The summed E-state index contributed by atoms with van der Waals surface area (Å²) in [6.07, 6.45) is 4.59. The second-order valence-electron chi connectivity index (χ2n) is 5.97. The molecule has 1 heterocycles. The second kappa shape index (κ2) is 6.78. The molecule has 0 bridgehead atoms. The predicted octanol–water partition coefficient (Wildman–Crippen LogP) is 0.537. The van der Waals surface area contributed by atoms with E-state index < -0.39 is 17.9 Å². The highest BCUT2D eigenvalue weighted by Crippen LogP contribution is 2.25. The van der Waals surface area contributed by atoms with Crippen molar-refractivity contribution < 1.29 is 19.5 Å². The van der Waals surface area contributed by atoms with Gasteiger partial charge in [0, 0.05) is 19.1 Å². The van der Waals surface area contributed by atoms with E-state index in [-0.39, 0.29) is 17.9 Å². The second-order valence-corrected chi connectivity index (χ2v) is 5.97. The third-order valence-corrected chi connectivity index (χ3v) is 4.51. The number of nitrogens with one attached hydrogen (secondary N) is 1. The summed E-state index contributed by atoms with van der Waals surface area (Å²) in [7, 11) is 0. The van der Waals surface area contributed by atoms with Crippen LogP contribution in [-0.4, -0.2) is 47.0 Å². The molecule has 3 unspecified atom stereocenters.